The Morgan fingerprint density at radius 2 is 2.38 bits per heavy atom. The van der Waals surface area contributed by atoms with Gasteiger partial charge in [-0.25, -0.2) is 0 Å². The summed E-state index contributed by atoms with van der Waals surface area (Å²) in [4.78, 5) is 6.74. The van der Waals surface area contributed by atoms with Gasteiger partial charge in [-0.05, 0) is 31.5 Å². The van der Waals surface area contributed by atoms with E-state index in [-0.39, 0.29) is 0 Å². The number of likely N-dealkylation sites (tertiary alicyclic amines) is 1. The monoisotopic (exact) mass is 215 g/mol. The molecule has 1 unspecified atom stereocenters. The lowest BCUT2D eigenvalue weighted by atomic mass is 9.99. The maximum absolute atomic E-state index is 8.81. The number of pyridine rings is 1. The van der Waals surface area contributed by atoms with Crippen LogP contribution in [0.2, 0.25) is 0 Å². The largest absolute Gasteiger partial charge is 0.294 e. The Bertz CT molecular complexity index is 355. The first-order chi connectivity index (χ1) is 7.90. The zero-order valence-corrected chi connectivity index (χ0v) is 9.47. The highest BCUT2D eigenvalue weighted by Gasteiger charge is 2.22. The predicted molar refractivity (Wildman–Crippen MR) is 62.5 cm³/mol. The van der Waals surface area contributed by atoms with Gasteiger partial charge >= 0.3 is 0 Å². The molecule has 1 aliphatic heterocycles. The summed E-state index contributed by atoms with van der Waals surface area (Å²) in [5, 5.41) is 8.81. The molecule has 1 aromatic heterocycles. The smallest absolute Gasteiger partial charge is 0.0638 e. The minimum Gasteiger partial charge on any atom is -0.294 e. The molecule has 2 rings (SSSR count). The second-order valence-electron chi connectivity index (χ2n) is 4.30. The average molecular weight is 215 g/mol. The molecule has 3 heteroatoms. The zero-order valence-electron chi connectivity index (χ0n) is 9.47. The number of nitrogens with zero attached hydrogens (tertiary/aromatic N) is 3. The maximum atomic E-state index is 8.81. The Kier molecular flexibility index (Phi) is 3.90. The van der Waals surface area contributed by atoms with Gasteiger partial charge in [-0.2, -0.15) is 5.26 Å². The molecule has 1 aliphatic rings. The molecule has 84 valence electrons. The van der Waals surface area contributed by atoms with Crippen LogP contribution in [-0.2, 0) is 6.54 Å². The standard InChI is InChI=1S/C13H17N3/c14-8-7-13-6-2-4-10-16(13)11-12-5-1-3-9-15-12/h1,3,5,9,13H,2,4,6-7,10-11H2. The van der Waals surface area contributed by atoms with Crippen LogP contribution in [0.4, 0.5) is 0 Å². The second-order valence-corrected chi connectivity index (χ2v) is 4.30. The predicted octanol–water partition coefficient (Wildman–Crippen LogP) is 2.35. The molecule has 0 saturated carbocycles. The first-order valence-corrected chi connectivity index (χ1v) is 5.91. The van der Waals surface area contributed by atoms with Crippen molar-refractivity contribution in [2.24, 2.45) is 0 Å². The first-order valence-electron chi connectivity index (χ1n) is 5.91. The summed E-state index contributed by atoms with van der Waals surface area (Å²) in [7, 11) is 0. The summed E-state index contributed by atoms with van der Waals surface area (Å²) in [6, 6.07) is 8.73. The molecule has 0 radical (unpaired) electrons. The van der Waals surface area contributed by atoms with Crippen LogP contribution >= 0.6 is 0 Å². The fourth-order valence-electron chi connectivity index (χ4n) is 2.30. The lowest BCUT2D eigenvalue weighted by molar-refractivity contribution is 0.141. The SMILES string of the molecule is N#CCC1CCCCN1Cc1ccccn1. The molecule has 0 spiro atoms. The van der Waals surface area contributed by atoms with Gasteiger partial charge in [0.05, 0.1) is 18.2 Å². The molecule has 0 amide bonds. The van der Waals surface area contributed by atoms with Gasteiger partial charge in [-0.3, -0.25) is 9.88 Å². The van der Waals surface area contributed by atoms with E-state index in [0.717, 1.165) is 25.2 Å². The van der Waals surface area contributed by atoms with Crippen molar-refractivity contribution < 1.29 is 0 Å². The van der Waals surface area contributed by atoms with E-state index in [4.69, 9.17) is 5.26 Å². The molecule has 0 aliphatic carbocycles. The lowest BCUT2D eigenvalue weighted by Crippen LogP contribution is -2.38. The summed E-state index contributed by atoms with van der Waals surface area (Å²) in [5.74, 6) is 0. The van der Waals surface area contributed by atoms with E-state index >= 15 is 0 Å². The summed E-state index contributed by atoms with van der Waals surface area (Å²) < 4.78 is 0. The summed E-state index contributed by atoms with van der Waals surface area (Å²) >= 11 is 0. The number of aromatic nitrogens is 1. The van der Waals surface area contributed by atoms with E-state index in [1.54, 1.807) is 0 Å². The number of hydrogen-bond acceptors (Lipinski definition) is 3. The maximum Gasteiger partial charge on any atom is 0.0638 e. The van der Waals surface area contributed by atoms with Crippen LogP contribution in [0.1, 0.15) is 31.4 Å². The Morgan fingerprint density at radius 1 is 1.44 bits per heavy atom. The van der Waals surface area contributed by atoms with E-state index < -0.39 is 0 Å². The van der Waals surface area contributed by atoms with Gasteiger partial charge in [-0.15, -0.1) is 0 Å². The number of rotatable bonds is 3. The van der Waals surface area contributed by atoms with Crippen LogP contribution in [-0.4, -0.2) is 22.5 Å². The van der Waals surface area contributed by atoms with E-state index in [9.17, 15) is 0 Å². The van der Waals surface area contributed by atoms with Gasteiger partial charge in [0.2, 0.25) is 0 Å². The fourth-order valence-corrected chi connectivity index (χ4v) is 2.30. The van der Waals surface area contributed by atoms with E-state index in [1.165, 1.54) is 12.8 Å². The van der Waals surface area contributed by atoms with Crippen LogP contribution in [0.15, 0.2) is 24.4 Å². The molecule has 3 nitrogen and oxygen atoms in total. The molecule has 16 heavy (non-hydrogen) atoms. The highest BCUT2D eigenvalue weighted by molar-refractivity contribution is 5.04. The van der Waals surface area contributed by atoms with Crippen molar-refractivity contribution in [1.29, 1.82) is 5.26 Å². The fraction of sp³-hybridized carbons (Fsp3) is 0.538. The van der Waals surface area contributed by atoms with Gasteiger partial charge in [0.25, 0.3) is 0 Å². The molecule has 2 heterocycles. The quantitative estimate of drug-likeness (QED) is 0.777. The second kappa shape index (κ2) is 5.62. The van der Waals surface area contributed by atoms with E-state index in [1.807, 2.05) is 18.3 Å². The van der Waals surface area contributed by atoms with Crippen LogP contribution in [0.5, 0.6) is 0 Å². The molecule has 1 atom stereocenters. The van der Waals surface area contributed by atoms with Gasteiger partial charge in [0.15, 0.2) is 0 Å². The Morgan fingerprint density at radius 3 is 3.12 bits per heavy atom. The topological polar surface area (TPSA) is 39.9 Å². The van der Waals surface area contributed by atoms with Crippen LogP contribution in [0.3, 0.4) is 0 Å². The van der Waals surface area contributed by atoms with Crippen molar-refractivity contribution in [3.63, 3.8) is 0 Å². The minimum absolute atomic E-state index is 0.431. The Labute approximate surface area is 96.7 Å². The highest BCUT2D eigenvalue weighted by atomic mass is 15.2. The molecule has 1 fully saturated rings. The van der Waals surface area contributed by atoms with Gasteiger partial charge in [0, 0.05) is 18.8 Å². The molecule has 1 saturated heterocycles. The molecule has 0 bridgehead atoms. The third-order valence-corrected chi connectivity index (χ3v) is 3.17. The molecular weight excluding hydrogens is 198 g/mol. The summed E-state index contributed by atoms with van der Waals surface area (Å²) in [6.45, 7) is 1.98. The number of nitriles is 1. The van der Waals surface area contributed by atoms with Crippen LogP contribution in [0.25, 0.3) is 0 Å². The zero-order chi connectivity index (χ0) is 11.2. The van der Waals surface area contributed by atoms with Gasteiger partial charge in [0.1, 0.15) is 0 Å². The van der Waals surface area contributed by atoms with Gasteiger partial charge in [-0.1, -0.05) is 12.5 Å². The normalized spacial score (nSPS) is 21.6. The Balaban J connectivity index is 1.99. The highest BCUT2D eigenvalue weighted by Crippen LogP contribution is 2.20. The van der Waals surface area contributed by atoms with Crippen molar-refractivity contribution in [2.75, 3.05) is 6.54 Å². The molecule has 0 aromatic carbocycles. The number of piperidine rings is 1. The third-order valence-electron chi connectivity index (χ3n) is 3.17. The molecule has 1 aromatic rings. The molecular formula is C13H17N3. The third kappa shape index (κ3) is 2.80. The lowest BCUT2D eigenvalue weighted by Gasteiger charge is -2.34. The van der Waals surface area contributed by atoms with Crippen molar-refractivity contribution in [3.8, 4) is 6.07 Å². The van der Waals surface area contributed by atoms with Crippen molar-refractivity contribution in [3.05, 3.63) is 30.1 Å². The van der Waals surface area contributed by atoms with Crippen LogP contribution < -0.4 is 0 Å². The van der Waals surface area contributed by atoms with Crippen molar-refractivity contribution in [1.82, 2.24) is 9.88 Å². The first kappa shape index (κ1) is 11.1. The van der Waals surface area contributed by atoms with Crippen molar-refractivity contribution >= 4 is 0 Å². The Hall–Kier alpha value is -1.40. The average Bonchev–Trinajstić information content (AvgIpc) is 2.33. The van der Waals surface area contributed by atoms with E-state index in [0.29, 0.717) is 12.5 Å². The van der Waals surface area contributed by atoms with E-state index in [2.05, 4.69) is 22.0 Å². The van der Waals surface area contributed by atoms with Crippen LogP contribution in [0, 0.1) is 11.3 Å². The molecule has 0 N–H and O–H groups in total. The van der Waals surface area contributed by atoms with Crippen molar-refractivity contribution in [2.45, 2.75) is 38.3 Å². The summed E-state index contributed by atoms with van der Waals surface area (Å²) in [5.41, 5.74) is 1.10. The number of hydrogen-bond donors (Lipinski definition) is 0. The van der Waals surface area contributed by atoms with Gasteiger partial charge < -0.3 is 0 Å². The summed E-state index contributed by atoms with van der Waals surface area (Å²) in [6.07, 6.45) is 6.13. The minimum atomic E-state index is 0.431.